The summed E-state index contributed by atoms with van der Waals surface area (Å²) in [6, 6.07) is -0.764. The van der Waals surface area contributed by atoms with Gasteiger partial charge in [0.15, 0.2) is 5.54 Å². The van der Waals surface area contributed by atoms with Crippen LogP contribution in [0, 0.1) is 0 Å². The largest absolute Gasteiger partial charge is 0.467 e. The number of carbonyl (C=O) groups excluding carboxylic acids is 3. The third-order valence-corrected chi connectivity index (χ3v) is 3.26. The Balaban J connectivity index is 2.89. The minimum atomic E-state index is -1.70. The van der Waals surface area contributed by atoms with Crippen molar-refractivity contribution in [1.82, 2.24) is 4.90 Å². The first-order valence-corrected chi connectivity index (χ1v) is 6.23. The van der Waals surface area contributed by atoms with Gasteiger partial charge in [0.25, 0.3) is 5.91 Å². The van der Waals surface area contributed by atoms with Gasteiger partial charge in [-0.3, -0.25) is 4.79 Å². The Morgan fingerprint density at radius 2 is 2.16 bits per heavy atom. The highest BCUT2D eigenvalue weighted by Crippen LogP contribution is 2.23. The SMILES string of the molecule is CCOC(=O)C(C)N1CCCC(N)(C(=O)OC)C1=O. The second-order valence-corrected chi connectivity index (χ2v) is 4.49. The van der Waals surface area contributed by atoms with Gasteiger partial charge in [-0.05, 0) is 26.7 Å². The average Bonchev–Trinajstić information content (AvgIpc) is 2.40. The number of methoxy groups -OCH3 is 1. The molecule has 1 heterocycles. The smallest absolute Gasteiger partial charge is 0.335 e. The number of likely N-dealkylation sites (tertiary alicyclic amines) is 1. The molecule has 1 fully saturated rings. The van der Waals surface area contributed by atoms with Gasteiger partial charge < -0.3 is 20.1 Å². The number of rotatable bonds is 4. The first-order chi connectivity index (χ1) is 8.88. The van der Waals surface area contributed by atoms with Crippen molar-refractivity contribution < 1.29 is 23.9 Å². The highest BCUT2D eigenvalue weighted by molar-refractivity contribution is 6.08. The van der Waals surface area contributed by atoms with Gasteiger partial charge in [-0.15, -0.1) is 0 Å². The van der Waals surface area contributed by atoms with Crippen molar-refractivity contribution in [2.45, 2.75) is 38.3 Å². The topological polar surface area (TPSA) is 98.9 Å². The quantitative estimate of drug-likeness (QED) is 0.543. The first-order valence-electron chi connectivity index (χ1n) is 6.23. The third kappa shape index (κ3) is 2.86. The summed E-state index contributed by atoms with van der Waals surface area (Å²) in [5.74, 6) is -1.88. The molecule has 0 spiro atoms. The van der Waals surface area contributed by atoms with E-state index < -0.39 is 29.4 Å². The first kappa shape index (κ1) is 15.4. The maximum atomic E-state index is 12.3. The lowest BCUT2D eigenvalue weighted by Gasteiger charge is -2.39. The molecule has 1 saturated heterocycles. The third-order valence-electron chi connectivity index (χ3n) is 3.26. The molecule has 1 amide bonds. The van der Waals surface area contributed by atoms with E-state index in [1.165, 1.54) is 12.0 Å². The molecular formula is C12H20N2O5. The van der Waals surface area contributed by atoms with E-state index in [4.69, 9.17) is 10.5 Å². The Kier molecular flexibility index (Phi) is 4.88. The summed E-state index contributed by atoms with van der Waals surface area (Å²) in [4.78, 5) is 36.9. The minimum absolute atomic E-state index is 0.213. The standard InChI is InChI=1S/C12H20N2O5/c1-4-19-9(15)8(2)14-7-5-6-12(13,10(14)16)11(17)18-3/h8H,4-7,13H2,1-3H3. The molecule has 2 atom stereocenters. The predicted octanol–water partition coefficient (Wildman–Crippen LogP) is -0.569. The van der Waals surface area contributed by atoms with E-state index in [9.17, 15) is 14.4 Å². The highest BCUT2D eigenvalue weighted by atomic mass is 16.5. The fourth-order valence-corrected chi connectivity index (χ4v) is 2.12. The molecule has 7 nitrogen and oxygen atoms in total. The molecule has 0 bridgehead atoms. The number of piperidine rings is 1. The summed E-state index contributed by atoms with van der Waals surface area (Å²) in [6.45, 7) is 3.84. The lowest BCUT2D eigenvalue weighted by Crippen LogP contribution is -2.66. The van der Waals surface area contributed by atoms with Crippen LogP contribution in [-0.2, 0) is 23.9 Å². The number of carbonyl (C=O) groups is 3. The monoisotopic (exact) mass is 272 g/mol. The van der Waals surface area contributed by atoms with Gasteiger partial charge in [0.1, 0.15) is 6.04 Å². The van der Waals surface area contributed by atoms with E-state index in [1.807, 2.05) is 0 Å². The van der Waals surface area contributed by atoms with Crippen molar-refractivity contribution in [2.24, 2.45) is 5.73 Å². The number of nitrogens with two attached hydrogens (primary N) is 1. The molecule has 0 aromatic carbocycles. The highest BCUT2D eigenvalue weighted by Gasteiger charge is 2.49. The number of hydrogen-bond donors (Lipinski definition) is 1. The molecule has 108 valence electrons. The second kappa shape index (κ2) is 6.01. The molecular weight excluding hydrogens is 252 g/mol. The fraction of sp³-hybridized carbons (Fsp3) is 0.750. The summed E-state index contributed by atoms with van der Waals surface area (Å²) in [6.07, 6.45) is 0.742. The minimum Gasteiger partial charge on any atom is -0.467 e. The van der Waals surface area contributed by atoms with Crippen molar-refractivity contribution in [3.63, 3.8) is 0 Å². The van der Waals surface area contributed by atoms with E-state index in [0.29, 0.717) is 13.0 Å². The van der Waals surface area contributed by atoms with Gasteiger partial charge in [0, 0.05) is 6.54 Å². The Morgan fingerprint density at radius 1 is 1.53 bits per heavy atom. The zero-order chi connectivity index (χ0) is 14.6. The zero-order valence-electron chi connectivity index (χ0n) is 11.5. The summed E-state index contributed by atoms with van der Waals surface area (Å²) in [5.41, 5.74) is 4.14. The molecule has 7 heteroatoms. The Bertz CT molecular complexity index is 384. The van der Waals surface area contributed by atoms with Crippen LogP contribution in [0.5, 0.6) is 0 Å². The molecule has 1 aliphatic rings. The van der Waals surface area contributed by atoms with E-state index in [0.717, 1.165) is 0 Å². The predicted molar refractivity (Wildman–Crippen MR) is 66.0 cm³/mol. The number of amides is 1. The Morgan fingerprint density at radius 3 is 2.68 bits per heavy atom. The molecule has 0 aliphatic carbocycles. The maximum Gasteiger partial charge on any atom is 0.335 e. The van der Waals surface area contributed by atoms with Gasteiger partial charge in [-0.25, -0.2) is 9.59 Å². The van der Waals surface area contributed by atoms with Crippen molar-refractivity contribution >= 4 is 17.8 Å². The normalized spacial score (nSPS) is 24.8. The molecule has 2 N–H and O–H groups in total. The molecule has 19 heavy (non-hydrogen) atoms. The molecule has 0 radical (unpaired) electrons. The molecule has 0 aromatic heterocycles. The Hall–Kier alpha value is -1.63. The molecule has 2 unspecified atom stereocenters. The molecule has 0 saturated carbocycles. The molecule has 0 aromatic rings. The van der Waals surface area contributed by atoms with Crippen molar-refractivity contribution in [2.75, 3.05) is 20.3 Å². The van der Waals surface area contributed by atoms with Crippen LogP contribution in [0.1, 0.15) is 26.7 Å². The van der Waals surface area contributed by atoms with Crippen molar-refractivity contribution in [3.05, 3.63) is 0 Å². The number of nitrogens with zero attached hydrogens (tertiary/aromatic N) is 1. The number of hydrogen-bond acceptors (Lipinski definition) is 6. The summed E-state index contributed by atoms with van der Waals surface area (Å²) >= 11 is 0. The molecule has 1 rings (SSSR count). The number of esters is 2. The lowest BCUT2D eigenvalue weighted by molar-refractivity contribution is -0.165. The summed E-state index contributed by atoms with van der Waals surface area (Å²) in [5, 5.41) is 0. The second-order valence-electron chi connectivity index (χ2n) is 4.49. The van der Waals surface area contributed by atoms with Gasteiger partial charge >= 0.3 is 11.9 Å². The van der Waals surface area contributed by atoms with E-state index in [2.05, 4.69) is 4.74 Å². The van der Waals surface area contributed by atoms with Crippen LogP contribution >= 0.6 is 0 Å². The number of ether oxygens (including phenoxy) is 2. The van der Waals surface area contributed by atoms with Gasteiger partial charge in [0.05, 0.1) is 13.7 Å². The van der Waals surface area contributed by atoms with E-state index in [1.54, 1.807) is 13.8 Å². The molecule has 1 aliphatic heterocycles. The van der Waals surface area contributed by atoms with Crippen molar-refractivity contribution in [3.8, 4) is 0 Å². The fourth-order valence-electron chi connectivity index (χ4n) is 2.12. The average molecular weight is 272 g/mol. The van der Waals surface area contributed by atoms with Crippen LogP contribution in [0.4, 0.5) is 0 Å². The van der Waals surface area contributed by atoms with E-state index in [-0.39, 0.29) is 13.0 Å². The van der Waals surface area contributed by atoms with Crippen LogP contribution in [-0.4, -0.2) is 54.6 Å². The Labute approximate surface area is 112 Å². The van der Waals surface area contributed by atoms with Crippen LogP contribution in [0.25, 0.3) is 0 Å². The van der Waals surface area contributed by atoms with Crippen molar-refractivity contribution in [1.29, 1.82) is 0 Å². The van der Waals surface area contributed by atoms with Gasteiger partial charge in [-0.2, -0.15) is 0 Å². The van der Waals surface area contributed by atoms with Crippen LogP contribution in [0.3, 0.4) is 0 Å². The summed E-state index contributed by atoms with van der Waals surface area (Å²) in [7, 11) is 1.18. The van der Waals surface area contributed by atoms with Gasteiger partial charge in [-0.1, -0.05) is 0 Å². The van der Waals surface area contributed by atoms with Gasteiger partial charge in [0.2, 0.25) is 0 Å². The maximum absolute atomic E-state index is 12.3. The van der Waals surface area contributed by atoms with E-state index >= 15 is 0 Å². The van der Waals surface area contributed by atoms with Crippen LogP contribution in [0.2, 0.25) is 0 Å². The zero-order valence-corrected chi connectivity index (χ0v) is 11.5. The lowest BCUT2D eigenvalue weighted by atomic mass is 9.88. The summed E-state index contributed by atoms with van der Waals surface area (Å²) < 4.78 is 9.44. The van der Waals surface area contributed by atoms with Crippen LogP contribution in [0.15, 0.2) is 0 Å². The van der Waals surface area contributed by atoms with Crippen LogP contribution < -0.4 is 5.73 Å².